The van der Waals surface area contributed by atoms with Crippen LogP contribution in [0.4, 0.5) is 5.69 Å². The molecule has 0 aliphatic carbocycles. The van der Waals surface area contributed by atoms with Crippen molar-refractivity contribution in [1.82, 2.24) is 14.7 Å². The van der Waals surface area contributed by atoms with Gasteiger partial charge in [-0.1, -0.05) is 36.4 Å². The van der Waals surface area contributed by atoms with Gasteiger partial charge in [0, 0.05) is 45.2 Å². The van der Waals surface area contributed by atoms with E-state index in [1.165, 1.54) is 0 Å². The fourth-order valence-corrected chi connectivity index (χ4v) is 5.78. The second-order valence-electron chi connectivity index (χ2n) is 11.5. The maximum Gasteiger partial charge on any atom is 0.264 e. The highest BCUT2D eigenvalue weighted by molar-refractivity contribution is 5.96. The highest BCUT2D eigenvalue weighted by Crippen LogP contribution is 2.29. The highest BCUT2D eigenvalue weighted by Gasteiger charge is 2.27. The molecule has 0 atom stereocenters. The first-order valence-electron chi connectivity index (χ1n) is 14.6. The Kier molecular flexibility index (Phi) is 10.4. The third kappa shape index (κ3) is 8.05. The lowest BCUT2D eigenvalue weighted by Gasteiger charge is -2.33. The van der Waals surface area contributed by atoms with E-state index in [1.54, 1.807) is 0 Å². The van der Waals surface area contributed by atoms with Gasteiger partial charge in [-0.05, 0) is 89.3 Å². The van der Waals surface area contributed by atoms with Crippen molar-refractivity contribution >= 4 is 17.5 Å². The number of benzene rings is 2. The summed E-state index contributed by atoms with van der Waals surface area (Å²) < 4.78 is 5.87. The molecule has 2 heterocycles. The summed E-state index contributed by atoms with van der Waals surface area (Å²) >= 11 is 0. The van der Waals surface area contributed by atoms with Crippen LogP contribution < -0.4 is 9.64 Å². The lowest BCUT2D eigenvalue weighted by molar-refractivity contribution is -0.133. The monoisotopic (exact) mass is 534 g/mol. The van der Waals surface area contributed by atoms with Crippen molar-refractivity contribution in [3.63, 3.8) is 0 Å². The minimum atomic E-state index is -0.0612. The molecule has 212 valence electrons. The Labute approximate surface area is 234 Å². The number of likely N-dealkylation sites (tertiary alicyclic amines) is 1. The first-order chi connectivity index (χ1) is 18.8. The molecule has 4 rings (SSSR count). The zero-order valence-electron chi connectivity index (χ0n) is 24.3. The van der Waals surface area contributed by atoms with E-state index in [9.17, 15) is 9.59 Å². The normalized spacial score (nSPS) is 18.5. The minimum absolute atomic E-state index is 0.0234. The van der Waals surface area contributed by atoms with Crippen LogP contribution >= 0.6 is 0 Å². The lowest BCUT2D eigenvalue weighted by atomic mass is 9.93. The molecule has 0 bridgehead atoms. The van der Waals surface area contributed by atoms with Crippen LogP contribution in [0.2, 0.25) is 0 Å². The molecule has 39 heavy (non-hydrogen) atoms. The van der Waals surface area contributed by atoms with E-state index in [-0.39, 0.29) is 18.4 Å². The Balaban J connectivity index is 1.59. The van der Waals surface area contributed by atoms with Crippen LogP contribution in [0, 0.1) is 12.8 Å². The molecule has 0 aromatic heterocycles. The SMILES string of the molecule is Cc1cccc2c1N(C(=O)COc1ccccc1)CCCN(C(C)C)CCN(C(=O)CC1CCN(C)CC1)C2. The fraction of sp³-hybridized carbons (Fsp3) is 0.562. The Morgan fingerprint density at radius 2 is 1.64 bits per heavy atom. The van der Waals surface area contributed by atoms with E-state index in [4.69, 9.17) is 4.74 Å². The van der Waals surface area contributed by atoms with Gasteiger partial charge in [0.15, 0.2) is 6.61 Å². The van der Waals surface area contributed by atoms with Crippen molar-refractivity contribution in [3.05, 3.63) is 59.7 Å². The van der Waals surface area contributed by atoms with E-state index in [2.05, 4.69) is 49.8 Å². The van der Waals surface area contributed by atoms with Crippen LogP contribution in [0.15, 0.2) is 48.5 Å². The first kappa shape index (κ1) is 29.1. The van der Waals surface area contributed by atoms with Gasteiger partial charge in [0.05, 0.1) is 5.69 Å². The highest BCUT2D eigenvalue weighted by atomic mass is 16.5. The average Bonchev–Trinajstić information content (AvgIpc) is 2.96. The van der Waals surface area contributed by atoms with Crippen molar-refractivity contribution in [2.75, 3.05) is 57.8 Å². The van der Waals surface area contributed by atoms with Crippen LogP contribution in [-0.4, -0.2) is 85.5 Å². The fourth-order valence-electron chi connectivity index (χ4n) is 5.78. The van der Waals surface area contributed by atoms with Crippen molar-refractivity contribution in [1.29, 1.82) is 0 Å². The van der Waals surface area contributed by atoms with Gasteiger partial charge < -0.3 is 19.4 Å². The third-order valence-electron chi connectivity index (χ3n) is 8.23. The van der Waals surface area contributed by atoms with Crippen LogP contribution in [0.3, 0.4) is 0 Å². The Hall–Kier alpha value is -2.90. The molecule has 2 amide bonds. The number of nitrogens with zero attached hydrogens (tertiary/aromatic N) is 4. The summed E-state index contributed by atoms with van der Waals surface area (Å²) in [6, 6.07) is 16.0. The smallest absolute Gasteiger partial charge is 0.264 e. The van der Waals surface area contributed by atoms with E-state index in [1.807, 2.05) is 46.2 Å². The largest absolute Gasteiger partial charge is 0.484 e. The standard InChI is InChI=1S/C32H46N4O3/c1-25(2)34-16-9-17-36(31(38)24-39-29-12-6-5-7-13-29)32-26(3)10-8-11-28(32)23-35(21-20-34)30(37)22-27-14-18-33(4)19-15-27/h5-8,10-13,25,27H,9,14-24H2,1-4H3. The van der Waals surface area contributed by atoms with Gasteiger partial charge in [-0.3, -0.25) is 14.5 Å². The molecule has 7 nitrogen and oxygen atoms in total. The molecule has 2 aromatic rings. The predicted octanol–water partition coefficient (Wildman–Crippen LogP) is 4.58. The maximum atomic E-state index is 13.7. The summed E-state index contributed by atoms with van der Waals surface area (Å²) in [7, 11) is 2.16. The van der Waals surface area contributed by atoms with Crippen molar-refractivity contribution < 1.29 is 14.3 Å². The Morgan fingerprint density at radius 1 is 0.897 bits per heavy atom. The molecule has 1 saturated heterocycles. The van der Waals surface area contributed by atoms with E-state index >= 15 is 0 Å². The number of fused-ring (bicyclic) bond motifs is 1. The third-order valence-corrected chi connectivity index (χ3v) is 8.23. The molecule has 0 radical (unpaired) electrons. The molecule has 0 saturated carbocycles. The number of carbonyl (C=O) groups excluding carboxylic acids is 2. The quantitative estimate of drug-likeness (QED) is 0.543. The molecule has 0 unspecified atom stereocenters. The van der Waals surface area contributed by atoms with Crippen LogP contribution in [0.1, 0.15) is 50.7 Å². The second-order valence-corrected chi connectivity index (χ2v) is 11.5. The molecular formula is C32H46N4O3. The van der Waals surface area contributed by atoms with Crippen LogP contribution in [-0.2, 0) is 16.1 Å². The molecule has 1 fully saturated rings. The van der Waals surface area contributed by atoms with Crippen molar-refractivity contribution in [3.8, 4) is 5.75 Å². The van der Waals surface area contributed by atoms with E-state index in [0.29, 0.717) is 43.8 Å². The number of rotatable bonds is 6. The zero-order chi connectivity index (χ0) is 27.8. The van der Waals surface area contributed by atoms with Crippen molar-refractivity contribution in [2.24, 2.45) is 5.92 Å². The molecule has 0 spiro atoms. The van der Waals surface area contributed by atoms with Gasteiger partial charge in [-0.2, -0.15) is 0 Å². The molecule has 0 N–H and O–H groups in total. The number of ether oxygens (including phenoxy) is 1. The number of anilines is 1. The number of hydrogen-bond acceptors (Lipinski definition) is 5. The summed E-state index contributed by atoms with van der Waals surface area (Å²) in [5, 5.41) is 0. The Morgan fingerprint density at radius 3 is 2.36 bits per heavy atom. The maximum absolute atomic E-state index is 13.7. The van der Waals surface area contributed by atoms with Gasteiger partial charge in [0.25, 0.3) is 5.91 Å². The number of hydrogen-bond donors (Lipinski definition) is 0. The summed E-state index contributed by atoms with van der Waals surface area (Å²) in [6.45, 7) is 12.1. The second kappa shape index (κ2) is 13.9. The number of aryl methyl sites for hydroxylation is 1. The van der Waals surface area contributed by atoms with Gasteiger partial charge in [0.1, 0.15) is 5.75 Å². The Bertz CT molecular complexity index is 1080. The van der Waals surface area contributed by atoms with E-state index < -0.39 is 0 Å². The van der Waals surface area contributed by atoms with Gasteiger partial charge in [0.2, 0.25) is 5.91 Å². The topological polar surface area (TPSA) is 56.3 Å². The molecular weight excluding hydrogens is 488 g/mol. The summed E-state index contributed by atoms with van der Waals surface area (Å²) in [5.74, 6) is 1.29. The molecule has 2 aliphatic heterocycles. The van der Waals surface area contributed by atoms with E-state index in [0.717, 1.165) is 62.3 Å². The number of carbonyl (C=O) groups is 2. The number of piperidine rings is 1. The molecule has 7 heteroatoms. The summed E-state index contributed by atoms with van der Waals surface area (Å²) in [4.78, 5) is 36.1. The first-order valence-corrected chi connectivity index (χ1v) is 14.6. The number of para-hydroxylation sites is 2. The van der Waals surface area contributed by atoms with Gasteiger partial charge >= 0.3 is 0 Å². The van der Waals surface area contributed by atoms with Crippen LogP contribution in [0.25, 0.3) is 0 Å². The summed E-state index contributed by atoms with van der Waals surface area (Å²) in [6.07, 6.45) is 3.61. The lowest BCUT2D eigenvalue weighted by Crippen LogP contribution is -2.42. The molecule has 2 aromatic carbocycles. The minimum Gasteiger partial charge on any atom is -0.484 e. The predicted molar refractivity (Wildman–Crippen MR) is 157 cm³/mol. The van der Waals surface area contributed by atoms with Gasteiger partial charge in [-0.15, -0.1) is 0 Å². The number of amides is 2. The average molecular weight is 535 g/mol. The summed E-state index contributed by atoms with van der Waals surface area (Å²) in [5.41, 5.74) is 3.00. The van der Waals surface area contributed by atoms with Crippen LogP contribution in [0.5, 0.6) is 5.75 Å². The van der Waals surface area contributed by atoms with Crippen molar-refractivity contribution in [2.45, 2.75) is 59.0 Å². The zero-order valence-corrected chi connectivity index (χ0v) is 24.3. The van der Waals surface area contributed by atoms with Gasteiger partial charge in [-0.25, -0.2) is 0 Å². The molecule has 2 aliphatic rings.